The topological polar surface area (TPSA) is 39.9 Å². The molecule has 4 rings (SSSR count). The summed E-state index contributed by atoms with van der Waals surface area (Å²) in [5.74, 6) is 0.940. The standard InChI is InChI=1S/C22H17ClFN3O/c23-18-6-1-4-16(14-18)21-19(24)7-2-8-20(21)28-13-12-27-11-10-26-22(27)17-5-3-9-25-15-17/h1-11,14-15H,12-13H2. The van der Waals surface area contributed by atoms with Crippen LogP contribution in [-0.2, 0) is 6.54 Å². The zero-order valence-corrected chi connectivity index (χ0v) is 15.7. The molecule has 0 amide bonds. The molecule has 0 unspecified atom stereocenters. The van der Waals surface area contributed by atoms with Gasteiger partial charge in [-0.2, -0.15) is 0 Å². The third-order valence-electron chi connectivity index (χ3n) is 4.31. The Morgan fingerprint density at radius 2 is 1.86 bits per heavy atom. The average molecular weight is 394 g/mol. The van der Waals surface area contributed by atoms with E-state index < -0.39 is 0 Å². The second kappa shape index (κ2) is 8.23. The quantitative estimate of drug-likeness (QED) is 0.435. The van der Waals surface area contributed by atoms with Gasteiger partial charge in [0, 0.05) is 35.4 Å². The van der Waals surface area contributed by atoms with E-state index in [-0.39, 0.29) is 5.82 Å². The average Bonchev–Trinajstić information content (AvgIpc) is 3.17. The van der Waals surface area contributed by atoms with Crippen molar-refractivity contribution in [3.63, 3.8) is 0 Å². The van der Waals surface area contributed by atoms with Gasteiger partial charge in [0.1, 0.15) is 24.0 Å². The van der Waals surface area contributed by atoms with E-state index in [9.17, 15) is 4.39 Å². The van der Waals surface area contributed by atoms with Crippen LogP contribution < -0.4 is 4.74 Å². The first-order chi connectivity index (χ1) is 13.7. The van der Waals surface area contributed by atoms with E-state index in [1.54, 1.807) is 48.9 Å². The number of nitrogens with zero attached hydrogens (tertiary/aromatic N) is 3. The number of ether oxygens (including phenoxy) is 1. The van der Waals surface area contributed by atoms with E-state index in [0.717, 1.165) is 11.4 Å². The second-order valence-electron chi connectivity index (χ2n) is 6.16. The third-order valence-corrected chi connectivity index (χ3v) is 4.55. The molecule has 28 heavy (non-hydrogen) atoms. The highest BCUT2D eigenvalue weighted by Gasteiger charge is 2.13. The van der Waals surface area contributed by atoms with Crippen LogP contribution in [0.5, 0.6) is 5.75 Å². The summed E-state index contributed by atoms with van der Waals surface area (Å²) in [5.41, 5.74) is 2.01. The number of hydrogen-bond acceptors (Lipinski definition) is 3. The lowest BCUT2D eigenvalue weighted by atomic mass is 10.0. The first-order valence-corrected chi connectivity index (χ1v) is 9.19. The fourth-order valence-corrected chi connectivity index (χ4v) is 3.24. The van der Waals surface area contributed by atoms with Crippen molar-refractivity contribution < 1.29 is 9.13 Å². The van der Waals surface area contributed by atoms with Crippen molar-refractivity contribution in [2.45, 2.75) is 6.54 Å². The molecule has 0 spiro atoms. The molecule has 0 bridgehead atoms. The van der Waals surface area contributed by atoms with Crippen LogP contribution in [0.25, 0.3) is 22.5 Å². The van der Waals surface area contributed by atoms with E-state index >= 15 is 0 Å². The summed E-state index contributed by atoms with van der Waals surface area (Å²) in [6.07, 6.45) is 7.11. The van der Waals surface area contributed by atoms with Gasteiger partial charge in [0.2, 0.25) is 0 Å². The molecule has 0 saturated heterocycles. The van der Waals surface area contributed by atoms with Crippen LogP contribution in [0, 0.1) is 5.82 Å². The second-order valence-corrected chi connectivity index (χ2v) is 6.59. The summed E-state index contributed by atoms with van der Waals surface area (Å²) in [4.78, 5) is 8.53. The van der Waals surface area contributed by atoms with Gasteiger partial charge in [-0.05, 0) is 42.0 Å². The predicted octanol–water partition coefficient (Wildman–Crippen LogP) is 5.48. The normalized spacial score (nSPS) is 10.8. The molecule has 0 saturated carbocycles. The van der Waals surface area contributed by atoms with E-state index in [2.05, 4.69) is 9.97 Å². The van der Waals surface area contributed by atoms with Gasteiger partial charge in [-0.25, -0.2) is 9.37 Å². The van der Waals surface area contributed by atoms with Gasteiger partial charge in [-0.1, -0.05) is 29.8 Å². The molecule has 2 aromatic carbocycles. The van der Waals surface area contributed by atoms with Gasteiger partial charge in [0.25, 0.3) is 0 Å². The molecule has 4 aromatic rings. The fraction of sp³-hybridized carbons (Fsp3) is 0.0909. The van der Waals surface area contributed by atoms with Crippen LogP contribution in [0.2, 0.25) is 5.02 Å². The van der Waals surface area contributed by atoms with Gasteiger partial charge in [0.15, 0.2) is 0 Å². The van der Waals surface area contributed by atoms with Gasteiger partial charge in [0.05, 0.1) is 12.1 Å². The lowest BCUT2D eigenvalue weighted by Crippen LogP contribution is -2.09. The molecular formula is C22H17ClFN3O. The molecular weight excluding hydrogens is 377 g/mol. The van der Waals surface area contributed by atoms with Crippen LogP contribution in [0.3, 0.4) is 0 Å². The van der Waals surface area contributed by atoms with Gasteiger partial charge in [-0.3, -0.25) is 4.98 Å². The van der Waals surface area contributed by atoms with Gasteiger partial charge >= 0.3 is 0 Å². The van der Waals surface area contributed by atoms with Crippen LogP contribution in [0.15, 0.2) is 79.4 Å². The predicted molar refractivity (Wildman–Crippen MR) is 108 cm³/mol. The first kappa shape index (κ1) is 18.2. The highest BCUT2D eigenvalue weighted by Crippen LogP contribution is 2.34. The summed E-state index contributed by atoms with van der Waals surface area (Å²) >= 11 is 6.07. The molecule has 0 fully saturated rings. The Morgan fingerprint density at radius 3 is 2.68 bits per heavy atom. The van der Waals surface area contributed by atoms with Crippen molar-refractivity contribution in [3.05, 3.63) is 90.2 Å². The maximum absolute atomic E-state index is 14.5. The maximum Gasteiger partial charge on any atom is 0.141 e. The highest BCUT2D eigenvalue weighted by molar-refractivity contribution is 6.30. The van der Waals surface area contributed by atoms with Gasteiger partial charge < -0.3 is 9.30 Å². The van der Waals surface area contributed by atoms with Crippen LogP contribution in [0.4, 0.5) is 4.39 Å². The monoisotopic (exact) mass is 393 g/mol. The highest BCUT2D eigenvalue weighted by atomic mass is 35.5. The number of imidazole rings is 1. The van der Waals surface area contributed by atoms with E-state index in [0.29, 0.717) is 35.1 Å². The zero-order valence-electron chi connectivity index (χ0n) is 14.9. The molecule has 2 aromatic heterocycles. The van der Waals surface area contributed by atoms with Gasteiger partial charge in [-0.15, -0.1) is 0 Å². The lowest BCUT2D eigenvalue weighted by Gasteiger charge is -2.14. The molecule has 0 atom stereocenters. The minimum atomic E-state index is -0.349. The molecule has 0 aliphatic rings. The summed E-state index contributed by atoms with van der Waals surface area (Å²) in [6.45, 7) is 0.927. The Kier molecular flexibility index (Phi) is 5.35. The van der Waals surface area contributed by atoms with Crippen molar-refractivity contribution in [1.29, 1.82) is 0 Å². The van der Waals surface area contributed by atoms with Crippen LogP contribution >= 0.6 is 11.6 Å². The summed E-state index contributed by atoms with van der Waals surface area (Å²) < 4.78 is 22.4. The summed E-state index contributed by atoms with van der Waals surface area (Å²) in [6, 6.07) is 15.7. The maximum atomic E-state index is 14.5. The Bertz CT molecular complexity index is 1080. The van der Waals surface area contributed by atoms with Crippen LogP contribution in [0.1, 0.15) is 0 Å². The minimum Gasteiger partial charge on any atom is -0.491 e. The Morgan fingerprint density at radius 1 is 1.00 bits per heavy atom. The van der Waals surface area contributed by atoms with Crippen molar-refractivity contribution in [2.75, 3.05) is 6.61 Å². The lowest BCUT2D eigenvalue weighted by molar-refractivity contribution is 0.299. The number of rotatable bonds is 6. The minimum absolute atomic E-state index is 0.349. The largest absolute Gasteiger partial charge is 0.491 e. The molecule has 0 N–H and O–H groups in total. The van der Waals surface area contributed by atoms with E-state index in [1.807, 2.05) is 29.0 Å². The zero-order chi connectivity index (χ0) is 19.3. The molecule has 0 radical (unpaired) electrons. The van der Waals surface area contributed by atoms with Crippen molar-refractivity contribution in [1.82, 2.24) is 14.5 Å². The molecule has 4 nitrogen and oxygen atoms in total. The molecule has 0 aliphatic carbocycles. The SMILES string of the molecule is Fc1cccc(OCCn2ccnc2-c2cccnc2)c1-c1cccc(Cl)c1. The number of hydrogen-bond donors (Lipinski definition) is 0. The van der Waals surface area contributed by atoms with E-state index in [4.69, 9.17) is 16.3 Å². The Hall–Kier alpha value is -3.18. The molecule has 140 valence electrons. The molecule has 2 heterocycles. The van der Waals surface area contributed by atoms with Crippen molar-refractivity contribution in [3.8, 4) is 28.3 Å². The number of aromatic nitrogens is 3. The molecule has 0 aliphatic heterocycles. The number of halogens is 2. The third kappa shape index (κ3) is 3.89. The van der Waals surface area contributed by atoms with Crippen molar-refractivity contribution >= 4 is 11.6 Å². The Balaban J connectivity index is 1.53. The molecule has 6 heteroatoms. The van der Waals surface area contributed by atoms with Crippen LogP contribution in [-0.4, -0.2) is 21.1 Å². The number of pyridine rings is 1. The van der Waals surface area contributed by atoms with E-state index in [1.165, 1.54) is 6.07 Å². The summed E-state index contributed by atoms with van der Waals surface area (Å²) in [7, 11) is 0. The Labute approximate surface area is 167 Å². The smallest absolute Gasteiger partial charge is 0.141 e. The van der Waals surface area contributed by atoms with Crippen molar-refractivity contribution in [2.24, 2.45) is 0 Å². The number of benzene rings is 2. The fourth-order valence-electron chi connectivity index (χ4n) is 3.05. The summed E-state index contributed by atoms with van der Waals surface area (Å²) in [5, 5.41) is 0.547. The first-order valence-electron chi connectivity index (χ1n) is 8.81.